The van der Waals surface area contributed by atoms with Crippen LogP contribution in [0.2, 0.25) is 0 Å². The number of anilines is 4. The minimum atomic E-state index is -4.16. The van der Waals surface area contributed by atoms with Crippen molar-refractivity contribution >= 4 is 76.6 Å². The summed E-state index contributed by atoms with van der Waals surface area (Å²) >= 11 is 0. The average molecular weight is 773 g/mol. The summed E-state index contributed by atoms with van der Waals surface area (Å²) in [4.78, 5) is 25.9. The second kappa shape index (κ2) is 15.2. The van der Waals surface area contributed by atoms with E-state index in [9.17, 15) is 26.4 Å². The van der Waals surface area contributed by atoms with Gasteiger partial charge in [0.15, 0.2) is 0 Å². The largest absolute Gasteiger partial charge is 0.379 e. The number of benzene rings is 7. The summed E-state index contributed by atoms with van der Waals surface area (Å²) in [6.45, 7) is 1.77. The number of amides is 4. The fourth-order valence-corrected chi connectivity index (χ4v) is 7.58. The number of hydrogen-bond acceptors (Lipinski definition) is 8. The highest BCUT2D eigenvalue weighted by Crippen LogP contribution is 2.27. The van der Waals surface area contributed by atoms with Gasteiger partial charge in [0.05, 0.1) is 0 Å². The van der Waals surface area contributed by atoms with Crippen LogP contribution in [0.25, 0.3) is 21.5 Å². The zero-order valence-corrected chi connectivity index (χ0v) is 30.6. The summed E-state index contributed by atoms with van der Waals surface area (Å²) in [7, 11) is -8.33. The van der Waals surface area contributed by atoms with Gasteiger partial charge in [0.1, 0.15) is 21.3 Å². The van der Waals surface area contributed by atoms with Crippen LogP contribution in [-0.4, -0.2) is 28.9 Å². The van der Waals surface area contributed by atoms with E-state index in [1.165, 1.54) is 48.5 Å². The molecule has 0 aliphatic heterocycles. The number of fused-ring (bicyclic) bond motifs is 2. The molecule has 0 saturated carbocycles. The van der Waals surface area contributed by atoms with Crippen molar-refractivity contribution in [1.82, 2.24) is 0 Å². The van der Waals surface area contributed by atoms with E-state index < -0.39 is 32.3 Å². The Labute approximate surface area is 317 Å². The van der Waals surface area contributed by atoms with Gasteiger partial charge in [0.25, 0.3) is 0 Å². The molecule has 4 amide bonds. The van der Waals surface area contributed by atoms with Crippen molar-refractivity contribution in [1.29, 1.82) is 0 Å². The van der Waals surface area contributed by atoms with Gasteiger partial charge in [-0.15, -0.1) is 0 Å². The van der Waals surface area contributed by atoms with Crippen molar-refractivity contribution < 1.29 is 34.8 Å². The lowest BCUT2D eigenvalue weighted by Gasteiger charge is -2.14. The van der Waals surface area contributed by atoms with E-state index in [1.807, 2.05) is 48.5 Å². The van der Waals surface area contributed by atoms with E-state index in [-0.39, 0.29) is 32.7 Å². The molecule has 7 rings (SSSR count). The number of aryl methyl sites for hydroxylation is 1. The van der Waals surface area contributed by atoms with Crippen LogP contribution in [0.4, 0.5) is 32.3 Å². The van der Waals surface area contributed by atoms with Gasteiger partial charge in [-0.05, 0) is 94.7 Å². The van der Waals surface area contributed by atoms with Crippen molar-refractivity contribution in [2.45, 2.75) is 16.7 Å². The normalized spacial score (nSPS) is 11.4. The van der Waals surface area contributed by atoms with Gasteiger partial charge < -0.3 is 29.6 Å². The lowest BCUT2D eigenvalue weighted by Crippen LogP contribution is -2.21. The first kappa shape index (κ1) is 36.5. The highest BCUT2D eigenvalue weighted by molar-refractivity contribution is 7.87. The van der Waals surface area contributed by atoms with Gasteiger partial charge in [-0.25, -0.2) is 9.59 Å². The predicted octanol–water partition coefficient (Wildman–Crippen LogP) is 9.12. The number of nitrogens with one attached hydrogen (secondary N) is 4. The summed E-state index contributed by atoms with van der Waals surface area (Å²) in [6.07, 6.45) is 0. The molecule has 0 aromatic heterocycles. The fourth-order valence-electron chi connectivity index (χ4n) is 5.66. The van der Waals surface area contributed by atoms with Crippen molar-refractivity contribution in [3.63, 3.8) is 0 Å². The van der Waals surface area contributed by atoms with Crippen LogP contribution in [0.1, 0.15) is 5.56 Å². The van der Waals surface area contributed by atoms with Gasteiger partial charge in [-0.1, -0.05) is 78.9 Å². The van der Waals surface area contributed by atoms with E-state index >= 15 is 0 Å². The predicted molar refractivity (Wildman–Crippen MR) is 213 cm³/mol. The minimum absolute atomic E-state index is 0.00226. The summed E-state index contributed by atoms with van der Waals surface area (Å²) in [5, 5.41) is 14.0. The molecule has 55 heavy (non-hydrogen) atoms. The Kier molecular flexibility index (Phi) is 10.1. The number of rotatable bonds is 10. The standard InChI is InChI=1S/C41H32N4O8S2/c1-27-16-19-34(44-40(46)42-32-12-6-14-35(24-32)52-54(48,49)37-20-17-28-8-2-4-10-30(28)22-37)26-39(27)45-41(47)43-33-13-7-15-36(25-33)53-55(50,51)38-21-18-29-9-3-5-11-31(29)23-38/h2-26H,1H3,(H2,42,44,46)(H2,43,45,47). The number of carbonyl (C=O) groups excluding carboxylic acids is 2. The Bertz CT molecular complexity index is 2830. The molecule has 0 unspecified atom stereocenters. The van der Waals surface area contributed by atoms with Crippen molar-refractivity contribution in [2.24, 2.45) is 0 Å². The molecule has 0 fully saturated rings. The fraction of sp³-hybridized carbons (Fsp3) is 0.0244. The van der Waals surface area contributed by atoms with Crippen molar-refractivity contribution in [2.75, 3.05) is 21.3 Å². The molecule has 0 heterocycles. The molecule has 4 N–H and O–H groups in total. The summed E-state index contributed by atoms with van der Waals surface area (Å²) in [6, 6.07) is 39.7. The van der Waals surface area contributed by atoms with Crippen LogP contribution in [0, 0.1) is 6.92 Å². The first-order chi connectivity index (χ1) is 26.4. The van der Waals surface area contributed by atoms with E-state index in [4.69, 9.17) is 8.37 Å². The molecule has 7 aromatic carbocycles. The Balaban J connectivity index is 0.959. The summed E-state index contributed by atoms with van der Waals surface area (Å²) in [5.74, 6) is 0.00504. The Morgan fingerprint density at radius 2 is 0.873 bits per heavy atom. The van der Waals surface area contributed by atoms with Crippen LogP contribution >= 0.6 is 0 Å². The number of carbonyl (C=O) groups is 2. The maximum Gasteiger partial charge on any atom is 0.339 e. The van der Waals surface area contributed by atoms with Gasteiger partial charge >= 0.3 is 32.3 Å². The SMILES string of the molecule is Cc1ccc(NC(=O)Nc2cccc(OS(=O)(=O)c3ccc4ccccc4c3)c2)cc1NC(=O)Nc1cccc(OS(=O)(=O)c2ccc3ccccc3c2)c1. The zero-order chi connectivity index (χ0) is 38.6. The van der Waals surface area contributed by atoms with E-state index in [0.29, 0.717) is 16.9 Å². The van der Waals surface area contributed by atoms with Crippen LogP contribution in [-0.2, 0) is 20.2 Å². The van der Waals surface area contributed by atoms with Crippen molar-refractivity contribution in [3.05, 3.63) is 157 Å². The molecule has 0 saturated heterocycles. The maximum atomic E-state index is 13.0. The molecule has 14 heteroatoms. The molecular weight excluding hydrogens is 741 g/mol. The molecule has 0 aliphatic carbocycles. The Morgan fingerprint density at radius 1 is 0.436 bits per heavy atom. The van der Waals surface area contributed by atoms with Crippen LogP contribution in [0.15, 0.2) is 161 Å². The third-order valence-electron chi connectivity index (χ3n) is 8.36. The molecule has 0 radical (unpaired) electrons. The number of hydrogen-bond donors (Lipinski definition) is 4. The zero-order valence-electron chi connectivity index (χ0n) is 29.0. The summed E-state index contributed by atoms with van der Waals surface area (Å²) in [5.41, 5.74) is 1.96. The lowest BCUT2D eigenvalue weighted by atomic mass is 10.1. The molecule has 276 valence electrons. The third kappa shape index (κ3) is 8.84. The molecular formula is C41H32N4O8S2. The van der Waals surface area contributed by atoms with Crippen LogP contribution < -0.4 is 29.6 Å². The summed E-state index contributed by atoms with van der Waals surface area (Å²) < 4.78 is 62.8. The average Bonchev–Trinajstić information content (AvgIpc) is 3.15. The first-order valence-electron chi connectivity index (χ1n) is 16.7. The van der Waals surface area contributed by atoms with Gasteiger partial charge in [-0.2, -0.15) is 16.8 Å². The van der Waals surface area contributed by atoms with Crippen LogP contribution in [0.5, 0.6) is 11.5 Å². The van der Waals surface area contributed by atoms with E-state index in [1.54, 1.807) is 61.5 Å². The van der Waals surface area contributed by atoms with E-state index in [0.717, 1.165) is 21.5 Å². The van der Waals surface area contributed by atoms with Crippen LogP contribution in [0.3, 0.4) is 0 Å². The Hall–Kier alpha value is -6.90. The molecule has 0 bridgehead atoms. The van der Waals surface area contributed by atoms with E-state index in [2.05, 4.69) is 21.3 Å². The van der Waals surface area contributed by atoms with Gasteiger partial charge in [-0.3, -0.25) is 0 Å². The van der Waals surface area contributed by atoms with Crippen molar-refractivity contribution in [3.8, 4) is 11.5 Å². The number of urea groups is 2. The third-order valence-corrected chi connectivity index (χ3v) is 10.8. The first-order valence-corrected chi connectivity index (χ1v) is 19.6. The highest BCUT2D eigenvalue weighted by atomic mass is 32.2. The molecule has 0 aliphatic rings. The highest BCUT2D eigenvalue weighted by Gasteiger charge is 2.19. The minimum Gasteiger partial charge on any atom is -0.379 e. The smallest absolute Gasteiger partial charge is 0.339 e. The molecule has 7 aromatic rings. The second-order valence-electron chi connectivity index (χ2n) is 12.3. The lowest BCUT2D eigenvalue weighted by molar-refractivity contribution is 0.261. The maximum absolute atomic E-state index is 13.0. The quantitative estimate of drug-likeness (QED) is 0.0998. The van der Waals surface area contributed by atoms with Gasteiger partial charge in [0, 0.05) is 34.9 Å². The topological polar surface area (TPSA) is 169 Å². The Morgan fingerprint density at radius 3 is 1.36 bits per heavy atom. The molecule has 0 spiro atoms. The second-order valence-corrected chi connectivity index (χ2v) is 15.4. The monoisotopic (exact) mass is 772 g/mol. The molecule has 0 atom stereocenters. The van der Waals surface area contributed by atoms with Gasteiger partial charge in [0.2, 0.25) is 0 Å². The molecule has 12 nitrogen and oxygen atoms in total.